The third-order valence-corrected chi connectivity index (χ3v) is 1.84. The van der Waals surface area contributed by atoms with E-state index in [1.165, 1.54) is 11.9 Å². The molecule has 0 heterocycles. The van der Waals surface area contributed by atoms with E-state index in [9.17, 15) is 5.21 Å². The number of benzene rings is 1. The van der Waals surface area contributed by atoms with Crippen molar-refractivity contribution in [2.45, 2.75) is 0 Å². The van der Waals surface area contributed by atoms with E-state index in [4.69, 9.17) is 5.73 Å². The van der Waals surface area contributed by atoms with Gasteiger partial charge in [0.15, 0.2) is 0 Å². The lowest BCUT2D eigenvalue weighted by Crippen LogP contribution is -2.05. The summed E-state index contributed by atoms with van der Waals surface area (Å²) in [5.41, 5.74) is 6.89. The van der Waals surface area contributed by atoms with Crippen molar-refractivity contribution < 1.29 is 5.21 Å². The van der Waals surface area contributed by atoms with Gasteiger partial charge in [-0.1, -0.05) is 0 Å². The quantitative estimate of drug-likeness (QED) is 0.403. The average molecular weight is 170 g/mol. The van der Waals surface area contributed by atoms with Gasteiger partial charge in [0.2, 0.25) is 0 Å². The summed E-state index contributed by atoms with van der Waals surface area (Å²) >= 11 is 1.23. The van der Waals surface area contributed by atoms with Crippen LogP contribution in [0.1, 0.15) is 0 Å². The normalized spacial score (nSPS) is 9.64. The van der Waals surface area contributed by atoms with Crippen LogP contribution >= 0.6 is 11.9 Å². The van der Waals surface area contributed by atoms with Crippen molar-refractivity contribution in [3.05, 3.63) is 24.3 Å². The SMILES string of the molecule is CSN(O)c1ccc(N)cc1. The molecule has 0 atom stereocenters. The molecule has 0 aliphatic rings. The van der Waals surface area contributed by atoms with Gasteiger partial charge in [-0.05, 0) is 36.2 Å². The molecule has 4 heteroatoms. The van der Waals surface area contributed by atoms with Gasteiger partial charge in [0.05, 0.1) is 5.69 Å². The predicted molar refractivity (Wildman–Crippen MR) is 48.6 cm³/mol. The fraction of sp³-hybridized carbons (Fsp3) is 0.143. The van der Waals surface area contributed by atoms with E-state index in [0.717, 1.165) is 10.2 Å². The van der Waals surface area contributed by atoms with Crippen LogP contribution in [0, 0.1) is 0 Å². The van der Waals surface area contributed by atoms with Crippen LogP contribution in [-0.4, -0.2) is 11.5 Å². The molecular weight excluding hydrogens is 160 g/mol. The van der Waals surface area contributed by atoms with Crippen LogP contribution in [0.5, 0.6) is 0 Å². The Morgan fingerprint density at radius 1 is 1.36 bits per heavy atom. The van der Waals surface area contributed by atoms with Crippen molar-refractivity contribution >= 4 is 23.3 Å². The molecule has 1 aromatic rings. The molecule has 3 nitrogen and oxygen atoms in total. The minimum atomic E-state index is 0.697. The second kappa shape index (κ2) is 3.50. The second-order valence-electron chi connectivity index (χ2n) is 2.05. The largest absolute Gasteiger partial charge is 0.399 e. The number of anilines is 2. The highest BCUT2D eigenvalue weighted by Gasteiger charge is 1.98. The Morgan fingerprint density at radius 2 is 1.91 bits per heavy atom. The number of hydrogen-bond acceptors (Lipinski definition) is 4. The average Bonchev–Trinajstić information content (AvgIpc) is 2.05. The number of hydrogen-bond donors (Lipinski definition) is 2. The van der Waals surface area contributed by atoms with E-state index in [0.29, 0.717) is 5.69 Å². The highest BCUT2D eigenvalue weighted by Crippen LogP contribution is 2.18. The van der Waals surface area contributed by atoms with Crippen molar-refractivity contribution in [3.63, 3.8) is 0 Å². The molecule has 11 heavy (non-hydrogen) atoms. The first-order chi connectivity index (χ1) is 5.24. The van der Waals surface area contributed by atoms with Crippen molar-refractivity contribution in [2.75, 3.05) is 16.5 Å². The Hall–Kier alpha value is -0.870. The smallest absolute Gasteiger partial charge is 0.0765 e. The van der Waals surface area contributed by atoms with Crippen molar-refractivity contribution in [2.24, 2.45) is 0 Å². The van der Waals surface area contributed by atoms with E-state index in [-0.39, 0.29) is 0 Å². The first kappa shape index (κ1) is 8.23. The molecule has 0 aromatic heterocycles. The number of nitrogen functional groups attached to an aromatic ring is 1. The van der Waals surface area contributed by atoms with E-state index in [1.807, 2.05) is 0 Å². The van der Waals surface area contributed by atoms with Crippen LogP contribution in [-0.2, 0) is 0 Å². The van der Waals surface area contributed by atoms with Crippen LogP contribution in [0.2, 0.25) is 0 Å². The zero-order chi connectivity index (χ0) is 8.27. The summed E-state index contributed by atoms with van der Waals surface area (Å²) in [4.78, 5) is 0. The zero-order valence-electron chi connectivity index (χ0n) is 6.19. The topological polar surface area (TPSA) is 49.5 Å². The Bertz CT molecular complexity index is 224. The van der Waals surface area contributed by atoms with Crippen molar-refractivity contribution in [1.82, 2.24) is 0 Å². The molecule has 0 unspecified atom stereocenters. The molecule has 0 aliphatic heterocycles. The third kappa shape index (κ3) is 2.03. The lowest BCUT2D eigenvalue weighted by molar-refractivity contribution is 0.332. The molecule has 0 radical (unpaired) electrons. The minimum absolute atomic E-state index is 0.697. The number of nitrogens with zero attached hydrogens (tertiary/aromatic N) is 1. The first-order valence-electron chi connectivity index (χ1n) is 3.12. The highest BCUT2D eigenvalue weighted by molar-refractivity contribution is 7.99. The maximum absolute atomic E-state index is 9.18. The van der Waals surface area contributed by atoms with Gasteiger partial charge in [-0.3, -0.25) is 5.21 Å². The van der Waals surface area contributed by atoms with E-state index >= 15 is 0 Å². The maximum atomic E-state index is 9.18. The van der Waals surface area contributed by atoms with Gasteiger partial charge in [0.25, 0.3) is 0 Å². The molecule has 0 aliphatic carbocycles. The standard InChI is InChI=1S/C7H10N2OS/c1-11-9(10)7-4-2-6(8)3-5-7/h2-5,10H,8H2,1H3. The predicted octanol–water partition coefficient (Wildman–Crippen LogP) is 1.74. The second-order valence-corrected chi connectivity index (χ2v) is 2.76. The van der Waals surface area contributed by atoms with E-state index in [1.54, 1.807) is 30.5 Å². The molecule has 0 bridgehead atoms. The molecule has 0 amide bonds. The summed E-state index contributed by atoms with van der Waals surface area (Å²) in [7, 11) is 0. The van der Waals surface area contributed by atoms with Crippen molar-refractivity contribution in [3.8, 4) is 0 Å². The van der Waals surface area contributed by atoms with Crippen LogP contribution < -0.4 is 10.2 Å². The van der Waals surface area contributed by atoms with E-state index in [2.05, 4.69) is 0 Å². The molecule has 1 aromatic carbocycles. The molecule has 0 fully saturated rings. The Morgan fingerprint density at radius 3 is 2.36 bits per heavy atom. The van der Waals surface area contributed by atoms with Crippen LogP contribution in [0.3, 0.4) is 0 Å². The zero-order valence-corrected chi connectivity index (χ0v) is 7.01. The Kier molecular flexibility index (Phi) is 2.62. The van der Waals surface area contributed by atoms with Gasteiger partial charge < -0.3 is 5.73 Å². The van der Waals surface area contributed by atoms with E-state index < -0.39 is 0 Å². The Labute approximate surface area is 69.9 Å². The number of rotatable bonds is 2. The van der Waals surface area contributed by atoms with Crippen LogP contribution in [0.4, 0.5) is 11.4 Å². The molecule has 0 spiro atoms. The van der Waals surface area contributed by atoms with Gasteiger partial charge in [-0.15, -0.1) is 0 Å². The van der Waals surface area contributed by atoms with Gasteiger partial charge in [-0.2, -0.15) is 4.47 Å². The minimum Gasteiger partial charge on any atom is -0.399 e. The summed E-state index contributed by atoms with van der Waals surface area (Å²) in [5, 5.41) is 9.18. The third-order valence-electron chi connectivity index (χ3n) is 1.29. The summed E-state index contributed by atoms with van der Waals surface area (Å²) in [6.45, 7) is 0. The number of nitrogens with two attached hydrogens (primary N) is 1. The first-order valence-corrected chi connectivity index (χ1v) is 4.31. The lowest BCUT2D eigenvalue weighted by atomic mass is 10.3. The lowest BCUT2D eigenvalue weighted by Gasteiger charge is -2.11. The monoisotopic (exact) mass is 170 g/mol. The van der Waals surface area contributed by atoms with Gasteiger partial charge >= 0.3 is 0 Å². The molecule has 0 saturated carbocycles. The molecular formula is C7H10N2OS. The molecule has 3 N–H and O–H groups in total. The molecule has 60 valence electrons. The molecule has 1 rings (SSSR count). The summed E-state index contributed by atoms with van der Waals surface area (Å²) in [6.07, 6.45) is 1.79. The van der Waals surface area contributed by atoms with Crippen LogP contribution in [0.25, 0.3) is 0 Å². The summed E-state index contributed by atoms with van der Waals surface area (Å²) in [5.74, 6) is 0. The van der Waals surface area contributed by atoms with Crippen molar-refractivity contribution in [1.29, 1.82) is 0 Å². The van der Waals surface area contributed by atoms with Gasteiger partial charge in [0, 0.05) is 11.9 Å². The van der Waals surface area contributed by atoms with Gasteiger partial charge in [-0.25, -0.2) is 0 Å². The Balaban J connectivity index is 2.81. The highest BCUT2D eigenvalue weighted by atomic mass is 32.2. The summed E-state index contributed by atoms with van der Waals surface area (Å²) in [6, 6.07) is 7.00. The molecule has 0 saturated heterocycles. The van der Waals surface area contributed by atoms with Crippen LogP contribution in [0.15, 0.2) is 24.3 Å². The maximum Gasteiger partial charge on any atom is 0.0765 e. The van der Waals surface area contributed by atoms with Gasteiger partial charge in [0.1, 0.15) is 0 Å². The summed E-state index contributed by atoms with van der Waals surface area (Å²) < 4.78 is 1.08. The fourth-order valence-corrected chi connectivity index (χ4v) is 1.04. The fourth-order valence-electron chi connectivity index (χ4n) is 0.707.